The topological polar surface area (TPSA) is 173 Å². The molecule has 180 valence electrons. The van der Waals surface area contributed by atoms with Gasteiger partial charge >= 0.3 is 5.97 Å². The smallest absolute Gasteiger partial charge is 0.352 e. The van der Waals surface area contributed by atoms with Gasteiger partial charge in [-0.1, -0.05) is 39.9 Å². The number of oxime groups is 1. The number of thiazole rings is 1. The van der Waals surface area contributed by atoms with Gasteiger partial charge in [0.2, 0.25) is 0 Å². The van der Waals surface area contributed by atoms with Crippen LogP contribution in [0, 0.1) is 6.92 Å². The summed E-state index contributed by atoms with van der Waals surface area (Å²) in [5.74, 6) is -1.13. The van der Waals surface area contributed by atoms with Crippen molar-refractivity contribution in [1.29, 1.82) is 0 Å². The van der Waals surface area contributed by atoms with Gasteiger partial charge in [0, 0.05) is 11.5 Å². The Bertz CT molecular complexity index is 1230. The summed E-state index contributed by atoms with van der Waals surface area (Å²) in [6, 6.07) is -0.955. The number of carboxylic acids is 1. The van der Waals surface area contributed by atoms with E-state index in [1.165, 1.54) is 47.1 Å². The van der Waals surface area contributed by atoms with Crippen LogP contribution in [-0.2, 0) is 19.2 Å². The largest absolute Gasteiger partial charge is 0.477 e. The molecule has 0 aromatic carbocycles. The average molecular weight is 562 g/mol. The number of nitrogens with zero attached hydrogens (tertiary/aromatic N) is 5. The zero-order valence-electron chi connectivity index (χ0n) is 17.5. The summed E-state index contributed by atoms with van der Waals surface area (Å²) in [6.45, 7) is 1.77. The van der Waals surface area contributed by atoms with Crippen LogP contribution in [0.4, 0.5) is 5.13 Å². The van der Waals surface area contributed by atoms with E-state index in [1.54, 1.807) is 6.92 Å². The van der Waals surface area contributed by atoms with Crippen molar-refractivity contribution in [3.8, 4) is 0 Å². The van der Waals surface area contributed by atoms with Crippen LogP contribution in [-0.4, -0.2) is 77.9 Å². The number of hydrogen-bond donors (Lipinski definition) is 3. The minimum absolute atomic E-state index is 0.0285. The fraction of sp³-hybridized carbons (Fsp3) is 0.353. The summed E-state index contributed by atoms with van der Waals surface area (Å²) < 4.78 is 4.96. The zero-order valence-corrected chi connectivity index (χ0v) is 21.5. The molecular weight excluding hydrogens is 546 g/mol. The third-order valence-electron chi connectivity index (χ3n) is 4.64. The molecule has 2 aliphatic heterocycles. The summed E-state index contributed by atoms with van der Waals surface area (Å²) >= 11 is 11.0. The van der Waals surface area contributed by atoms with E-state index < -0.39 is 29.2 Å². The number of nitrogen functional groups attached to an aromatic ring is 1. The zero-order chi connectivity index (χ0) is 24.6. The highest BCUT2D eigenvalue weighted by molar-refractivity contribution is 8.01. The number of carbonyl (C=O) groups excluding carboxylic acids is 2. The number of β-lactam (4-membered cyclic amide) rings is 1. The van der Waals surface area contributed by atoms with Gasteiger partial charge in [-0.3, -0.25) is 14.5 Å². The lowest BCUT2D eigenvalue weighted by molar-refractivity contribution is -0.150. The van der Waals surface area contributed by atoms with E-state index in [1.807, 2.05) is 0 Å². The number of carboxylic acid groups (broad SMARTS) is 1. The summed E-state index contributed by atoms with van der Waals surface area (Å²) in [7, 11) is 1.25. The van der Waals surface area contributed by atoms with Gasteiger partial charge < -0.3 is 21.0 Å². The molecule has 1 saturated heterocycles. The highest BCUT2D eigenvalue weighted by Gasteiger charge is 2.54. The standard InChI is InChI=1S/C17H16ClN7O5S4/c1-5-20-17(34-24-5)32-4-6-3-31-14-9(13(27)25(14)10(6)15(28)29)21-12(26)8(23-30-2)7-11(18)33-16(19)22-7/h9,14H,3-4H2,1-2H3,(H2,19,22)(H,21,26)(H,28,29)/t9?,14-/m1/s1. The van der Waals surface area contributed by atoms with Crippen molar-refractivity contribution in [2.75, 3.05) is 24.3 Å². The molecule has 2 aromatic rings. The van der Waals surface area contributed by atoms with E-state index >= 15 is 0 Å². The van der Waals surface area contributed by atoms with Crippen molar-refractivity contribution in [2.24, 2.45) is 5.16 Å². The van der Waals surface area contributed by atoms with Crippen LogP contribution in [0.1, 0.15) is 11.5 Å². The average Bonchev–Trinajstić information content (AvgIpc) is 3.36. The molecule has 4 rings (SSSR count). The van der Waals surface area contributed by atoms with Crippen molar-refractivity contribution in [1.82, 2.24) is 24.6 Å². The number of carbonyl (C=O) groups is 3. The third kappa shape index (κ3) is 4.72. The molecule has 0 spiro atoms. The predicted octanol–water partition coefficient (Wildman–Crippen LogP) is 1.42. The number of hydrogen-bond acceptors (Lipinski definition) is 13. The van der Waals surface area contributed by atoms with Gasteiger partial charge in [-0.2, -0.15) is 4.37 Å². The Labute approximate surface area is 214 Å². The van der Waals surface area contributed by atoms with Gasteiger partial charge in [0.1, 0.15) is 40.1 Å². The molecule has 0 radical (unpaired) electrons. The second-order valence-electron chi connectivity index (χ2n) is 6.81. The lowest BCUT2D eigenvalue weighted by Gasteiger charge is -2.49. The summed E-state index contributed by atoms with van der Waals surface area (Å²) in [4.78, 5) is 52.0. The molecule has 0 bridgehead atoms. The first-order chi connectivity index (χ1) is 16.2. The van der Waals surface area contributed by atoms with Gasteiger partial charge in [-0.05, 0) is 24.0 Å². The molecular formula is C17H16ClN7O5S4. The maximum absolute atomic E-state index is 12.9. The minimum atomic E-state index is -1.21. The van der Waals surface area contributed by atoms with Crippen LogP contribution >= 0.6 is 58.0 Å². The van der Waals surface area contributed by atoms with Gasteiger partial charge in [0.25, 0.3) is 11.8 Å². The van der Waals surface area contributed by atoms with Crippen molar-refractivity contribution < 1.29 is 24.3 Å². The molecule has 1 fully saturated rings. The van der Waals surface area contributed by atoms with Crippen molar-refractivity contribution in [2.45, 2.75) is 22.7 Å². The van der Waals surface area contributed by atoms with Crippen LogP contribution < -0.4 is 11.1 Å². The minimum Gasteiger partial charge on any atom is -0.477 e. The van der Waals surface area contributed by atoms with E-state index in [4.69, 9.17) is 22.2 Å². The number of nitrogens with two attached hydrogens (primary N) is 1. The fourth-order valence-corrected chi connectivity index (χ4v) is 7.30. The van der Waals surface area contributed by atoms with Crippen LogP contribution in [0.25, 0.3) is 0 Å². The predicted molar refractivity (Wildman–Crippen MR) is 130 cm³/mol. The molecule has 17 heteroatoms. The first-order valence-corrected chi connectivity index (χ1v) is 13.4. The molecule has 4 N–H and O–H groups in total. The maximum atomic E-state index is 12.9. The molecule has 12 nitrogen and oxygen atoms in total. The number of halogens is 1. The second kappa shape index (κ2) is 10.1. The highest BCUT2D eigenvalue weighted by atomic mass is 35.5. The van der Waals surface area contributed by atoms with Crippen molar-refractivity contribution in [3.63, 3.8) is 0 Å². The Hall–Kier alpha value is -2.40. The number of amides is 2. The number of anilines is 1. The Kier molecular flexibility index (Phi) is 7.32. The quantitative estimate of drug-likeness (QED) is 0.184. The molecule has 4 heterocycles. The van der Waals surface area contributed by atoms with E-state index in [0.29, 0.717) is 27.2 Å². The molecule has 34 heavy (non-hydrogen) atoms. The first-order valence-electron chi connectivity index (χ1n) is 9.38. The van der Waals surface area contributed by atoms with Crippen molar-refractivity contribution in [3.05, 3.63) is 27.1 Å². The number of fused-ring (bicyclic) bond motifs is 1. The van der Waals surface area contributed by atoms with E-state index in [9.17, 15) is 19.5 Å². The van der Waals surface area contributed by atoms with Crippen LogP contribution in [0.15, 0.2) is 20.8 Å². The van der Waals surface area contributed by atoms with Crippen LogP contribution in [0.3, 0.4) is 0 Å². The number of rotatable bonds is 8. The van der Waals surface area contributed by atoms with Gasteiger partial charge in [0.05, 0.1) is 0 Å². The Morgan fingerprint density at radius 2 is 2.21 bits per heavy atom. The number of thioether (sulfide) groups is 2. The molecule has 2 aromatic heterocycles. The van der Waals surface area contributed by atoms with Crippen LogP contribution in [0.5, 0.6) is 0 Å². The van der Waals surface area contributed by atoms with E-state index in [0.717, 1.165) is 11.3 Å². The molecule has 0 saturated carbocycles. The normalized spacial score (nSPS) is 20.1. The van der Waals surface area contributed by atoms with Gasteiger partial charge in [0.15, 0.2) is 15.2 Å². The molecule has 2 aliphatic rings. The number of nitrogens with one attached hydrogen (secondary N) is 1. The van der Waals surface area contributed by atoms with Crippen molar-refractivity contribution >= 4 is 86.6 Å². The molecule has 2 atom stereocenters. The lowest BCUT2D eigenvalue weighted by Crippen LogP contribution is -2.71. The van der Waals surface area contributed by atoms with Gasteiger partial charge in [-0.15, -0.1) is 11.8 Å². The highest BCUT2D eigenvalue weighted by Crippen LogP contribution is 2.41. The summed E-state index contributed by atoms with van der Waals surface area (Å²) in [5, 5.41) is 15.6. The fourth-order valence-electron chi connectivity index (χ4n) is 3.24. The molecule has 2 amide bonds. The first kappa shape index (κ1) is 24.7. The van der Waals surface area contributed by atoms with E-state index in [-0.39, 0.29) is 26.6 Å². The van der Waals surface area contributed by atoms with Gasteiger partial charge in [-0.25, -0.2) is 14.8 Å². The Morgan fingerprint density at radius 1 is 1.44 bits per heavy atom. The molecule has 0 aliphatic carbocycles. The second-order valence-corrected chi connectivity index (χ2v) is 11.5. The summed E-state index contributed by atoms with van der Waals surface area (Å²) in [6.07, 6.45) is 0. The third-order valence-corrected chi connectivity index (χ3v) is 9.07. The monoisotopic (exact) mass is 561 g/mol. The number of aromatic nitrogens is 3. The Morgan fingerprint density at radius 3 is 2.79 bits per heavy atom. The number of aliphatic carboxylic acids is 1. The maximum Gasteiger partial charge on any atom is 0.352 e. The number of aryl methyl sites for hydroxylation is 1. The SMILES string of the molecule is CON=C(C(=O)NC1C(=O)N2C(C(=O)O)=C(CSc3nc(C)ns3)CS[C@H]12)c1nc(N)sc1Cl. The molecule has 1 unspecified atom stereocenters. The van der Waals surface area contributed by atoms with E-state index in [2.05, 4.69) is 24.8 Å². The Balaban J connectivity index is 1.50. The van der Waals surface area contributed by atoms with Crippen LogP contribution in [0.2, 0.25) is 4.34 Å². The lowest BCUT2D eigenvalue weighted by atomic mass is 10.0. The summed E-state index contributed by atoms with van der Waals surface area (Å²) in [5.41, 5.74) is 5.95.